The summed E-state index contributed by atoms with van der Waals surface area (Å²) in [4.78, 5) is 11.0. The summed E-state index contributed by atoms with van der Waals surface area (Å²) < 4.78 is 23.6. The normalized spacial score (nSPS) is 38.2. The van der Waals surface area contributed by atoms with E-state index in [1.165, 1.54) is 6.92 Å². The van der Waals surface area contributed by atoms with Gasteiger partial charge in [0.15, 0.2) is 0 Å². The van der Waals surface area contributed by atoms with Crippen molar-refractivity contribution in [1.82, 2.24) is 5.06 Å². The number of nitrogens with zero attached hydrogens (tertiary/aromatic N) is 1. The summed E-state index contributed by atoms with van der Waals surface area (Å²) in [5, 5.41) is 18.4. The highest BCUT2D eigenvalue weighted by molar-refractivity contribution is 7.55. The van der Waals surface area contributed by atoms with Gasteiger partial charge in [-0.05, 0) is 19.8 Å². The van der Waals surface area contributed by atoms with Crippen molar-refractivity contribution in [2.45, 2.75) is 44.9 Å². The Labute approximate surface area is 112 Å². The van der Waals surface area contributed by atoms with Gasteiger partial charge in [-0.25, -0.2) is 0 Å². The standard InChI is InChI=1S/C11H20NO6P/c1-10(2)6-17-19(16,18-7-10)11(3)5-4-8(9(13)14)12(11)15/h8,15H,4-7H2,1-3H3,(H,13,14). The van der Waals surface area contributed by atoms with E-state index in [9.17, 15) is 14.6 Å². The van der Waals surface area contributed by atoms with Crippen LogP contribution in [0.1, 0.15) is 33.6 Å². The van der Waals surface area contributed by atoms with E-state index in [-0.39, 0.29) is 31.5 Å². The van der Waals surface area contributed by atoms with E-state index in [0.29, 0.717) is 5.06 Å². The lowest BCUT2D eigenvalue weighted by molar-refractivity contribution is -0.178. The average Bonchev–Trinajstić information content (AvgIpc) is 2.62. The zero-order valence-electron chi connectivity index (χ0n) is 11.3. The number of hydrogen-bond acceptors (Lipinski definition) is 6. The number of hydroxylamine groups is 2. The van der Waals surface area contributed by atoms with Gasteiger partial charge < -0.3 is 19.4 Å². The van der Waals surface area contributed by atoms with E-state index < -0.39 is 24.9 Å². The molecule has 0 radical (unpaired) electrons. The quantitative estimate of drug-likeness (QED) is 0.750. The van der Waals surface area contributed by atoms with Crippen LogP contribution in [0.2, 0.25) is 0 Å². The Hall–Kier alpha value is -0.460. The first-order valence-corrected chi connectivity index (χ1v) is 7.76. The molecule has 8 heteroatoms. The third-order valence-corrected chi connectivity index (χ3v) is 6.35. The summed E-state index contributed by atoms with van der Waals surface area (Å²) in [7, 11) is -3.57. The number of carbonyl (C=O) groups is 1. The molecule has 2 N–H and O–H groups in total. The molecule has 7 nitrogen and oxygen atoms in total. The Balaban J connectivity index is 2.22. The van der Waals surface area contributed by atoms with E-state index in [0.717, 1.165) is 0 Å². The zero-order valence-corrected chi connectivity index (χ0v) is 12.2. The number of carboxylic acid groups (broad SMARTS) is 1. The Morgan fingerprint density at radius 3 is 2.26 bits per heavy atom. The second kappa shape index (κ2) is 4.53. The summed E-state index contributed by atoms with van der Waals surface area (Å²) in [6.45, 7) is 5.88. The predicted molar refractivity (Wildman–Crippen MR) is 66.0 cm³/mol. The maximum absolute atomic E-state index is 12.8. The van der Waals surface area contributed by atoms with Gasteiger partial charge in [0.1, 0.15) is 11.3 Å². The molecule has 0 aromatic heterocycles. The number of rotatable bonds is 2. The van der Waals surface area contributed by atoms with Crippen LogP contribution in [0, 0.1) is 5.41 Å². The molecular weight excluding hydrogens is 273 g/mol. The maximum Gasteiger partial charge on any atom is 0.352 e. The van der Waals surface area contributed by atoms with E-state index in [1.807, 2.05) is 13.8 Å². The largest absolute Gasteiger partial charge is 0.480 e. The Kier molecular flexibility index (Phi) is 3.56. The minimum atomic E-state index is -3.57. The molecule has 2 heterocycles. The van der Waals surface area contributed by atoms with Gasteiger partial charge in [0.2, 0.25) is 0 Å². The maximum atomic E-state index is 12.8. The molecule has 0 bridgehead atoms. The third kappa shape index (κ3) is 2.34. The second-order valence-electron chi connectivity index (χ2n) is 6.16. The first-order chi connectivity index (χ1) is 8.61. The van der Waals surface area contributed by atoms with E-state index in [2.05, 4.69) is 0 Å². The lowest BCUT2D eigenvalue weighted by Gasteiger charge is -2.43. The molecule has 2 aliphatic rings. The summed E-state index contributed by atoms with van der Waals surface area (Å²) in [6, 6.07) is -1.07. The van der Waals surface area contributed by atoms with Gasteiger partial charge in [0, 0.05) is 5.41 Å². The molecule has 0 amide bonds. The molecule has 0 aromatic rings. The van der Waals surface area contributed by atoms with Crippen molar-refractivity contribution >= 4 is 13.6 Å². The fraction of sp³-hybridized carbons (Fsp3) is 0.909. The number of aliphatic carboxylic acids is 1. The van der Waals surface area contributed by atoms with Crippen LogP contribution in [0.5, 0.6) is 0 Å². The van der Waals surface area contributed by atoms with Crippen LogP contribution < -0.4 is 0 Å². The summed E-state index contributed by atoms with van der Waals surface area (Å²) in [5.74, 6) is -1.14. The molecule has 2 rings (SSSR count). The summed E-state index contributed by atoms with van der Waals surface area (Å²) in [5.41, 5.74) is -0.241. The summed E-state index contributed by atoms with van der Waals surface area (Å²) in [6.07, 6.45) is 0.459. The second-order valence-corrected chi connectivity index (χ2v) is 8.64. The smallest absolute Gasteiger partial charge is 0.352 e. The SMILES string of the molecule is CC1(C)COP(=O)(C2(C)CCC(C(=O)O)N2O)OC1. The van der Waals surface area contributed by atoms with Crippen molar-refractivity contribution < 1.29 is 28.7 Å². The van der Waals surface area contributed by atoms with Crippen molar-refractivity contribution in [3.63, 3.8) is 0 Å². The molecule has 110 valence electrons. The monoisotopic (exact) mass is 293 g/mol. The van der Waals surface area contributed by atoms with Crippen LogP contribution >= 0.6 is 7.60 Å². The Morgan fingerprint density at radius 2 is 1.84 bits per heavy atom. The molecule has 19 heavy (non-hydrogen) atoms. The molecule has 0 saturated carbocycles. The van der Waals surface area contributed by atoms with Crippen LogP contribution in [-0.2, 0) is 18.4 Å². The van der Waals surface area contributed by atoms with Crippen molar-refractivity contribution in [1.29, 1.82) is 0 Å². The van der Waals surface area contributed by atoms with E-state index in [4.69, 9.17) is 14.2 Å². The zero-order chi connectivity index (χ0) is 14.5. The minimum absolute atomic E-state index is 0.211. The minimum Gasteiger partial charge on any atom is -0.480 e. The number of hydrogen-bond donors (Lipinski definition) is 2. The third-order valence-electron chi connectivity index (χ3n) is 3.81. The molecule has 2 fully saturated rings. The van der Waals surface area contributed by atoms with Crippen molar-refractivity contribution in [3.8, 4) is 0 Å². The van der Waals surface area contributed by atoms with Gasteiger partial charge in [-0.2, -0.15) is 5.06 Å². The molecule has 2 unspecified atom stereocenters. The van der Waals surface area contributed by atoms with Crippen LogP contribution in [0.3, 0.4) is 0 Å². The highest BCUT2D eigenvalue weighted by atomic mass is 31.2. The fourth-order valence-electron chi connectivity index (χ4n) is 2.35. The molecule has 0 aliphatic carbocycles. The fourth-order valence-corrected chi connectivity index (χ4v) is 4.81. The predicted octanol–water partition coefficient (Wildman–Crippen LogP) is 1.91. The highest BCUT2D eigenvalue weighted by Gasteiger charge is 2.60. The van der Waals surface area contributed by atoms with Gasteiger partial charge >= 0.3 is 13.6 Å². The van der Waals surface area contributed by atoms with E-state index >= 15 is 0 Å². The average molecular weight is 293 g/mol. The topological polar surface area (TPSA) is 96.3 Å². The highest BCUT2D eigenvalue weighted by Crippen LogP contribution is 2.67. The Bertz CT molecular complexity index is 425. The van der Waals surface area contributed by atoms with E-state index in [1.54, 1.807) is 0 Å². The van der Waals surface area contributed by atoms with Crippen LogP contribution in [0.15, 0.2) is 0 Å². The molecular formula is C11H20NO6P. The van der Waals surface area contributed by atoms with Gasteiger partial charge in [-0.15, -0.1) is 0 Å². The van der Waals surface area contributed by atoms with Crippen LogP contribution in [0.4, 0.5) is 0 Å². The lowest BCUT2D eigenvalue weighted by Crippen LogP contribution is -2.48. The molecule has 0 spiro atoms. The van der Waals surface area contributed by atoms with Crippen molar-refractivity contribution in [2.24, 2.45) is 5.41 Å². The van der Waals surface area contributed by atoms with Gasteiger partial charge in [0.05, 0.1) is 13.2 Å². The Morgan fingerprint density at radius 1 is 1.32 bits per heavy atom. The van der Waals surface area contributed by atoms with Gasteiger partial charge in [-0.3, -0.25) is 9.36 Å². The number of carboxylic acids is 1. The molecule has 0 aromatic carbocycles. The first-order valence-electron chi connectivity index (χ1n) is 6.22. The lowest BCUT2D eigenvalue weighted by atomic mass is 9.97. The van der Waals surface area contributed by atoms with Crippen molar-refractivity contribution in [3.05, 3.63) is 0 Å². The molecule has 2 saturated heterocycles. The first kappa shape index (κ1) is 14.9. The van der Waals surface area contributed by atoms with Gasteiger partial charge in [-0.1, -0.05) is 13.8 Å². The van der Waals surface area contributed by atoms with Crippen molar-refractivity contribution in [2.75, 3.05) is 13.2 Å². The van der Waals surface area contributed by atoms with Crippen LogP contribution in [-0.4, -0.2) is 45.9 Å². The summed E-state index contributed by atoms with van der Waals surface area (Å²) >= 11 is 0. The molecule has 2 aliphatic heterocycles. The van der Waals surface area contributed by atoms with Gasteiger partial charge in [0.25, 0.3) is 0 Å². The molecule has 2 atom stereocenters. The van der Waals surface area contributed by atoms with Crippen LogP contribution in [0.25, 0.3) is 0 Å².